The molecule has 4 aromatic carbocycles. The Labute approximate surface area is 448 Å². The van der Waals surface area contributed by atoms with Crippen molar-refractivity contribution in [3.05, 3.63) is 143 Å². The normalized spacial score (nSPS) is 13.7. The number of amides is 4. The van der Waals surface area contributed by atoms with Gasteiger partial charge in [0.05, 0.1) is 28.9 Å². The third-order valence-corrected chi connectivity index (χ3v) is 14.0. The van der Waals surface area contributed by atoms with Crippen LogP contribution in [0.3, 0.4) is 0 Å². The van der Waals surface area contributed by atoms with Crippen molar-refractivity contribution >= 4 is 64.0 Å². The van der Waals surface area contributed by atoms with Crippen LogP contribution < -0.4 is 25.0 Å². The molecule has 1 aliphatic rings. The van der Waals surface area contributed by atoms with Gasteiger partial charge in [-0.15, -0.1) is 16.9 Å². The van der Waals surface area contributed by atoms with E-state index in [9.17, 15) is 24.0 Å². The lowest BCUT2D eigenvalue weighted by Crippen LogP contribution is -2.34. The van der Waals surface area contributed by atoms with Gasteiger partial charge in [0.2, 0.25) is 11.8 Å². The number of hydrogen-bond donors (Lipinski definition) is 3. The third kappa shape index (κ3) is 13.8. The number of carbonyl (C=O) groups is 5. The quantitative estimate of drug-likeness (QED) is 0.0568. The highest BCUT2D eigenvalue weighted by Crippen LogP contribution is 2.37. The number of anilines is 2. The topological polar surface area (TPSA) is 235 Å². The molecule has 0 aliphatic carbocycles. The summed E-state index contributed by atoms with van der Waals surface area (Å²) in [6, 6.07) is 31.6. The summed E-state index contributed by atoms with van der Waals surface area (Å²) in [5.41, 5.74) is 6.49. The van der Waals surface area contributed by atoms with Crippen LogP contribution in [0, 0.1) is 0 Å². The largest absolute Gasteiger partial charge is 0.484 e. The number of tetrazole rings is 1. The van der Waals surface area contributed by atoms with E-state index in [1.165, 1.54) is 11.9 Å². The molecule has 4 amide bonds. The van der Waals surface area contributed by atoms with Gasteiger partial charge in [0, 0.05) is 54.9 Å². The number of aromatic amines is 1. The Kier molecular flexibility index (Phi) is 17.5. The Morgan fingerprint density at radius 3 is 2.29 bits per heavy atom. The molecule has 1 saturated heterocycles. The zero-order valence-corrected chi connectivity index (χ0v) is 44.8. The van der Waals surface area contributed by atoms with Crippen molar-refractivity contribution in [2.24, 2.45) is 0 Å². The van der Waals surface area contributed by atoms with Gasteiger partial charge in [-0.1, -0.05) is 85.4 Å². The highest BCUT2D eigenvalue weighted by Gasteiger charge is 2.32. The van der Waals surface area contributed by atoms with Crippen molar-refractivity contribution < 1.29 is 42.9 Å². The number of H-pyrrole nitrogens is 1. The van der Waals surface area contributed by atoms with Crippen LogP contribution in [0.4, 0.5) is 21.0 Å². The van der Waals surface area contributed by atoms with Gasteiger partial charge in [-0.3, -0.25) is 24.6 Å². The number of esters is 1. The number of aromatic nitrogens is 7. The minimum atomic E-state index is -0.793. The fourth-order valence-electron chi connectivity index (χ4n) is 8.15. The predicted octanol–water partition coefficient (Wildman–Crippen LogP) is 10.4. The first-order chi connectivity index (χ1) is 36.5. The Bertz CT molecular complexity index is 3180. The van der Waals surface area contributed by atoms with Crippen molar-refractivity contribution in [3.63, 3.8) is 0 Å². The molecule has 21 heteroatoms. The van der Waals surface area contributed by atoms with Crippen LogP contribution in [0.2, 0.25) is 0 Å². The highest BCUT2D eigenvalue weighted by molar-refractivity contribution is 8.15. The molecule has 0 radical (unpaired) electrons. The molecule has 0 bridgehead atoms. The molecule has 394 valence electrons. The SMILES string of the molecule is CCCc1nc(C(C)SCc2ccc(Oc3ccc(NC(=O)COc4ccc(CC5SC(=O)NC5=O)cc4)c(N(C)C(=O)OC(C)(C)C)c3)nc2)c(C(=O)OCC)n1Cc1ccc(-c2ccccc2-c2nnn[nH]2)cc1. The lowest BCUT2D eigenvalue weighted by Gasteiger charge is -2.26. The number of aryl methyl sites for hydroxylation is 1. The fraction of sp³-hybridized carbons (Fsp3) is 0.309. The van der Waals surface area contributed by atoms with E-state index in [1.54, 1.807) is 94.2 Å². The van der Waals surface area contributed by atoms with Gasteiger partial charge in [-0.25, -0.2) is 24.7 Å². The summed E-state index contributed by atoms with van der Waals surface area (Å²) in [5.74, 6) is 1.76. The van der Waals surface area contributed by atoms with E-state index in [0.29, 0.717) is 71.1 Å². The molecule has 3 aromatic heterocycles. The zero-order chi connectivity index (χ0) is 53.9. The predicted molar refractivity (Wildman–Crippen MR) is 291 cm³/mol. The van der Waals surface area contributed by atoms with E-state index in [2.05, 4.69) is 67.4 Å². The van der Waals surface area contributed by atoms with E-state index < -0.39 is 28.8 Å². The minimum Gasteiger partial charge on any atom is -0.484 e. The molecule has 3 N–H and O–H groups in total. The monoisotopic (exact) mass is 1070 g/mol. The van der Waals surface area contributed by atoms with Crippen molar-refractivity contribution in [1.29, 1.82) is 0 Å². The molecule has 1 aliphatic heterocycles. The smallest absolute Gasteiger partial charge is 0.414 e. The number of nitrogens with one attached hydrogen (secondary N) is 3. The number of thioether (sulfide) groups is 2. The van der Waals surface area contributed by atoms with Gasteiger partial charge in [0.1, 0.15) is 22.9 Å². The van der Waals surface area contributed by atoms with Crippen LogP contribution in [-0.2, 0) is 44.2 Å². The summed E-state index contributed by atoms with van der Waals surface area (Å²) in [6.45, 7) is 11.5. The molecular formula is C55H58N10O9S2. The lowest BCUT2D eigenvalue weighted by molar-refractivity contribution is -0.119. The number of imide groups is 1. The van der Waals surface area contributed by atoms with Gasteiger partial charge in [-0.05, 0) is 110 Å². The second kappa shape index (κ2) is 24.5. The number of imidazole rings is 1. The van der Waals surface area contributed by atoms with Crippen molar-refractivity contribution in [2.45, 2.75) is 89.2 Å². The standard InChI is InChI=1S/C55H58N10O9S2/c1-8-12-45-58-48(49(52(68)71-9-2)65(45)30-35-15-20-37(21-16-35)40-13-10-11-14-41(40)50-60-62-63-61-50)33(3)75-32-36-19-26-47(56-29-36)73-39-24-25-42(43(28-39)64(7)54(70)74-55(4,5)6)57-46(66)31-72-38-22-17-34(18-23-38)27-44-51(67)59-53(69)76-44/h10-11,13-26,28-29,33,44H,8-9,12,27,30-32H2,1-7H3,(H,57,66)(H,59,67,69)(H,60,61,62,63). The summed E-state index contributed by atoms with van der Waals surface area (Å²) < 4.78 is 25.2. The van der Waals surface area contributed by atoms with Crippen molar-refractivity contribution in [3.8, 4) is 39.9 Å². The Morgan fingerprint density at radius 2 is 1.63 bits per heavy atom. The number of ether oxygens (including phenoxy) is 4. The molecule has 1 fully saturated rings. The van der Waals surface area contributed by atoms with E-state index >= 15 is 0 Å². The summed E-state index contributed by atoms with van der Waals surface area (Å²) in [4.78, 5) is 74.9. The number of rotatable bonds is 21. The molecule has 2 unspecified atom stereocenters. The van der Waals surface area contributed by atoms with Crippen LogP contribution in [0.5, 0.6) is 17.4 Å². The number of carbonyl (C=O) groups excluding carboxylic acids is 5. The Hall–Kier alpha value is -8.04. The Balaban J connectivity index is 0.925. The van der Waals surface area contributed by atoms with Crippen molar-refractivity contribution in [2.75, 3.05) is 30.5 Å². The maximum Gasteiger partial charge on any atom is 0.414 e. The van der Waals surface area contributed by atoms with E-state index in [0.717, 1.165) is 57.4 Å². The number of pyridine rings is 1. The average molecular weight is 1070 g/mol. The first-order valence-electron chi connectivity index (χ1n) is 24.6. The minimum absolute atomic E-state index is 0.193. The van der Waals surface area contributed by atoms with Crippen LogP contribution in [0.1, 0.15) is 91.9 Å². The fourth-order valence-corrected chi connectivity index (χ4v) is 9.95. The van der Waals surface area contributed by atoms with Crippen LogP contribution in [-0.4, -0.2) is 95.4 Å². The number of benzene rings is 4. The summed E-state index contributed by atoms with van der Waals surface area (Å²) in [6.07, 6.45) is 2.94. The second-order valence-corrected chi connectivity index (χ2v) is 21.2. The van der Waals surface area contributed by atoms with Crippen LogP contribution in [0.15, 0.2) is 109 Å². The van der Waals surface area contributed by atoms with E-state index in [-0.39, 0.29) is 29.6 Å². The van der Waals surface area contributed by atoms with Crippen LogP contribution >= 0.6 is 23.5 Å². The van der Waals surface area contributed by atoms with Crippen LogP contribution in [0.25, 0.3) is 22.5 Å². The van der Waals surface area contributed by atoms with E-state index in [1.807, 2.05) is 41.8 Å². The molecule has 7 aromatic rings. The first-order valence-corrected chi connectivity index (χ1v) is 26.6. The van der Waals surface area contributed by atoms with Gasteiger partial charge in [0.15, 0.2) is 18.1 Å². The Morgan fingerprint density at radius 1 is 0.908 bits per heavy atom. The van der Waals surface area contributed by atoms with Crippen molar-refractivity contribution in [1.82, 2.24) is 40.5 Å². The zero-order valence-electron chi connectivity index (χ0n) is 43.1. The summed E-state index contributed by atoms with van der Waals surface area (Å²) in [5, 5.41) is 18.5. The number of nitrogens with zero attached hydrogens (tertiary/aromatic N) is 7. The van der Waals surface area contributed by atoms with Gasteiger partial charge >= 0.3 is 12.1 Å². The molecule has 8 rings (SSSR count). The van der Waals surface area contributed by atoms with Gasteiger partial charge in [0.25, 0.3) is 11.1 Å². The summed E-state index contributed by atoms with van der Waals surface area (Å²) >= 11 is 2.58. The molecule has 19 nitrogen and oxygen atoms in total. The van der Waals surface area contributed by atoms with Gasteiger partial charge < -0.3 is 28.8 Å². The third-order valence-electron chi connectivity index (χ3n) is 11.8. The molecule has 76 heavy (non-hydrogen) atoms. The maximum atomic E-state index is 13.8. The molecule has 0 spiro atoms. The lowest BCUT2D eigenvalue weighted by atomic mass is 9.98. The van der Waals surface area contributed by atoms with Gasteiger partial charge in [-0.2, -0.15) is 0 Å². The second-order valence-electron chi connectivity index (χ2n) is 18.7. The molecule has 2 atom stereocenters. The molecule has 4 heterocycles. The molecular weight excluding hydrogens is 1010 g/mol. The molecule has 0 saturated carbocycles. The average Bonchev–Trinajstić information content (AvgIpc) is 4.15. The summed E-state index contributed by atoms with van der Waals surface area (Å²) in [7, 11) is 1.53. The highest BCUT2D eigenvalue weighted by atomic mass is 32.2. The first kappa shape index (κ1) is 54.2. The number of hydrogen-bond acceptors (Lipinski definition) is 16. The van der Waals surface area contributed by atoms with E-state index in [4.69, 9.17) is 23.9 Å². The maximum absolute atomic E-state index is 13.8.